The molecule has 3 rings (SSSR count). The minimum Gasteiger partial charge on any atom is -0.506 e. The molecule has 0 radical (unpaired) electrons. The smallest absolute Gasteiger partial charge is 0.335 e. The maximum Gasteiger partial charge on any atom is 0.335 e. The lowest BCUT2D eigenvalue weighted by Gasteiger charge is -2.05. The number of nitrogens with zero attached hydrogens (tertiary/aromatic N) is 1. The highest BCUT2D eigenvalue weighted by Gasteiger charge is 2.15. The number of aromatic hydroxyl groups is 1. The molecule has 1 amide bonds. The molecule has 0 atom stereocenters. The number of hydrogen-bond acceptors (Lipinski definition) is 5. The zero-order valence-electron chi connectivity index (χ0n) is 14.9. The summed E-state index contributed by atoms with van der Waals surface area (Å²) in [7, 11) is 0. The molecule has 0 saturated carbocycles. The van der Waals surface area contributed by atoms with Gasteiger partial charge in [0.15, 0.2) is 0 Å². The van der Waals surface area contributed by atoms with Gasteiger partial charge in [0.2, 0.25) is 0 Å². The van der Waals surface area contributed by atoms with Crippen molar-refractivity contribution in [3.05, 3.63) is 73.9 Å². The van der Waals surface area contributed by atoms with Crippen molar-refractivity contribution in [3.8, 4) is 17.1 Å². The average molecular weight is 522 g/mol. The van der Waals surface area contributed by atoms with Crippen LogP contribution in [0.1, 0.15) is 32.0 Å². The maximum absolute atomic E-state index is 12.2. The van der Waals surface area contributed by atoms with Crippen LogP contribution in [0.3, 0.4) is 0 Å². The Labute approximate surface area is 182 Å². The molecule has 0 fully saturated rings. The van der Waals surface area contributed by atoms with Crippen molar-refractivity contribution in [3.63, 3.8) is 0 Å². The largest absolute Gasteiger partial charge is 0.506 e. The maximum atomic E-state index is 12.2. The van der Waals surface area contributed by atoms with E-state index in [-0.39, 0.29) is 16.9 Å². The molecule has 2 aromatic carbocycles. The van der Waals surface area contributed by atoms with E-state index in [9.17, 15) is 14.7 Å². The summed E-state index contributed by atoms with van der Waals surface area (Å²) in [5, 5.41) is 22.9. The highest BCUT2D eigenvalue weighted by Crippen LogP contribution is 2.31. The van der Waals surface area contributed by atoms with Gasteiger partial charge in [-0.3, -0.25) is 4.79 Å². The van der Waals surface area contributed by atoms with Gasteiger partial charge in [0, 0.05) is 10.0 Å². The van der Waals surface area contributed by atoms with E-state index < -0.39 is 11.9 Å². The van der Waals surface area contributed by atoms with Crippen LogP contribution in [-0.4, -0.2) is 28.3 Å². The third-order valence-corrected chi connectivity index (χ3v) is 5.06. The van der Waals surface area contributed by atoms with Crippen molar-refractivity contribution in [2.75, 3.05) is 0 Å². The highest BCUT2D eigenvalue weighted by molar-refractivity contribution is 9.11. The Morgan fingerprint density at radius 1 is 1.14 bits per heavy atom. The van der Waals surface area contributed by atoms with E-state index >= 15 is 0 Å². The highest BCUT2D eigenvalue weighted by atomic mass is 79.9. The SMILES string of the molecule is Cc1cc(C(=O)O)ccc1-c1ccc(/C=N\NC(=O)c2cc(Br)cc(Br)c2O)o1. The quantitative estimate of drug-likeness (QED) is 0.325. The Bertz CT molecular complexity index is 1140. The molecule has 0 spiro atoms. The number of halogens is 2. The molecule has 3 N–H and O–H groups in total. The summed E-state index contributed by atoms with van der Waals surface area (Å²) in [6.07, 6.45) is 1.33. The zero-order chi connectivity index (χ0) is 21.1. The second kappa shape index (κ2) is 8.62. The summed E-state index contributed by atoms with van der Waals surface area (Å²) in [4.78, 5) is 23.3. The third kappa shape index (κ3) is 4.75. The number of furan rings is 1. The molecule has 0 aliphatic carbocycles. The standard InChI is InChI=1S/C20H14Br2N2O5/c1-10-6-11(20(27)28)2-4-14(10)17-5-3-13(29-17)9-23-24-19(26)15-7-12(21)8-16(22)18(15)25/h2-9,25H,1H3,(H,24,26)(H,27,28)/b23-9-. The van der Waals surface area contributed by atoms with Crippen LogP contribution in [0, 0.1) is 6.92 Å². The number of carbonyl (C=O) groups excluding carboxylic acids is 1. The lowest BCUT2D eigenvalue weighted by atomic mass is 10.0. The van der Waals surface area contributed by atoms with Crippen molar-refractivity contribution < 1.29 is 24.2 Å². The van der Waals surface area contributed by atoms with E-state index in [4.69, 9.17) is 9.52 Å². The Kier molecular flexibility index (Phi) is 6.19. The molecule has 9 heteroatoms. The molecular formula is C20H14Br2N2O5. The first-order valence-electron chi connectivity index (χ1n) is 8.22. The number of aryl methyl sites for hydroxylation is 1. The van der Waals surface area contributed by atoms with E-state index in [1.807, 2.05) is 0 Å². The van der Waals surface area contributed by atoms with E-state index in [2.05, 4.69) is 42.4 Å². The van der Waals surface area contributed by atoms with Gasteiger partial charge in [0.1, 0.15) is 17.3 Å². The minimum absolute atomic E-state index is 0.0534. The summed E-state index contributed by atoms with van der Waals surface area (Å²) < 4.78 is 6.69. The van der Waals surface area contributed by atoms with Gasteiger partial charge in [-0.1, -0.05) is 22.0 Å². The van der Waals surface area contributed by atoms with Gasteiger partial charge in [-0.2, -0.15) is 5.10 Å². The monoisotopic (exact) mass is 520 g/mol. The van der Waals surface area contributed by atoms with Crippen molar-refractivity contribution in [1.29, 1.82) is 0 Å². The molecule has 0 aliphatic heterocycles. The molecule has 148 valence electrons. The van der Waals surface area contributed by atoms with Crippen LogP contribution < -0.4 is 5.43 Å². The lowest BCUT2D eigenvalue weighted by molar-refractivity contribution is 0.0696. The normalized spacial score (nSPS) is 11.0. The molecule has 0 aliphatic rings. The predicted octanol–water partition coefficient (Wildman–Crippen LogP) is 4.95. The summed E-state index contributed by atoms with van der Waals surface area (Å²) >= 11 is 6.42. The van der Waals surface area contributed by atoms with Crippen molar-refractivity contribution in [2.24, 2.45) is 5.10 Å². The van der Waals surface area contributed by atoms with Gasteiger partial charge in [0.05, 0.1) is 21.8 Å². The summed E-state index contributed by atoms with van der Waals surface area (Å²) in [6, 6.07) is 11.2. The first kappa shape index (κ1) is 20.8. The number of carbonyl (C=O) groups is 2. The second-order valence-electron chi connectivity index (χ2n) is 6.02. The number of rotatable bonds is 5. The third-order valence-electron chi connectivity index (χ3n) is 4.00. The van der Waals surface area contributed by atoms with Crippen LogP contribution in [0.4, 0.5) is 0 Å². The number of carboxylic acids is 1. The van der Waals surface area contributed by atoms with Gasteiger partial charge in [-0.15, -0.1) is 0 Å². The Hall–Kier alpha value is -2.91. The summed E-state index contributed by atoms with van der Waals surface area (Å²) in [5.74, 6) is -0.845. The van der Waals surface area contributed by atoms with Crippen LogP contribution in [-0.2, 0) is 0 Å². The second-order valence-corrected chi connectivity index (χ2v) is 7.79. The predicted molar refractivity (Wildman–Crippen MR) is 114 cm³/mol. The van der Waals surface area contributed by atoms with Gasteiger partial charge in [0.25, 0.3) is 5.91 Å². The van der Waals surface area contributed by atoms with Crippen LogP contribution in [0.25, 0.3) is 11.3 Å². The fourth-order valence-electron chi connectivity index (χ4n) is 2.59. The zero-order valence-corrected chi connectivity index (χ0v) is 18.1. The first-order valence-corrected chi connectivity index (χ1v) is 9.80. The van der Waals surface area contributed by atoms with Gasteiger partial charge in [-0.25, -0.2) is 10.2 Å². The Morgan fingerprint density at radius 2 is 1.90 bits per heavy atom. The number of hydrogen-bond donors (Lipinski definition) is 3. The Balaban J connectivity index is 1.73. The lowest BCUT2D eigenvalue weighted by Crippen LogP contribution is -2.17. The molecule has 0 unspecified atom stereocenters. The number of nitrogens with one attached hydrogen (secondary N) is 1. The minimum atomic E-state index is -0.994. The van der Waals surface area contributed by atoms with Crippen LogP contribution >= 0.6 is 31.9 Å². The topological polar surface area (TPSA) is 112 Å². The molecule has 3 aromatic rings. The molecular weight excluding hydrogens is 508 g/mol. The molecule has 0 bridgehead atoms. The Morgan fingerprint density at radius 3 is 2.59 bits per heavy atom. The fraction of sp³-hybridized carbons (Fsp3) is 0.0500. The number of aromatic carboxylic acids is 1. The van der Waals surface area contributed by atoms with Crippen LogP contribution in [0.5, 0.6) is 5.75 Å². The van der Waals surface area contributed by atoms with Crippen molar-refractivity contribution >= 4 is 50.0 Å². The number of phenolic OH excluding ortho intramolecular Hbond substituents is 1. The summed E-state index contributed by atoms with van der Waals surface area (Å²) in [6.45, 7) is 1.79. The average Bonchev–Trinajstić information content (AvgIpc) is 3.12. The van der Waals surface area contributed by atoms with E-state index in [0.717, 1.165) is 11.1 Å². The van der Waals surface area contributed by atoms with Crippen molar-refractivity contribution in [2.45, 2.75) is 6.92 Å². The van der Waals surface area contributed by atoms with E-state index in [0.29, 0.717) is 20.5 Å². The van der Waals surface area contributed by atoms with E-state index in [1.165, 1.54) is 18.3 Å². The number of hydrazone groups is 1. The van der Waals surface area contributed by atoms with Gasteiger partial charge >= 0.3 is 5.97 Å². The molecule has 29 heavy (non-hydrogen) atoms. The first-order chi connectivity index (χ1) is 13.8. The number of phenols is 1. The molecule has 1 heterocycles. The number of carboxylic acid groups (broad SMARTS) is 1. The fourth-order valence-corrected chi connectivity index (χ4v) is 3.82. The molecule has 0 saturated heterocycles. The molecule has 1 aromatic heterocycles. The number of amides is 1. The van der Waals surface area contributed by atoms with Gasteiger partial charge < -0.3 is 14.6 Å². The number of benzene rings is 2. The van der Waals surface area contributed by atoms with Crippen LogP contribution in [0.2, 0.25) is 0 Å². The van der Waals surface area contributed by atoms with Crippen LogP contribution in [0.15, 0.2) is 60.9 Å². The van der Waals surface area contributed by atoms with Gasteiger partial charge in [-0.05, 0) is 64.8 Å². The van der Waals surface area contributed by atoms with E-state index in [1.54, 1.807) is 37.3 Å². The summed E-state index contributed by atoms with van der Waals surface area (Å²) in [5.41, 5.74) is 4.09. The molecule has 7 nitrogen and oxygen atoms in total. The van der Waals surface area contributed by atoms with Crippen molar-refractivity contribution in [1.82, 2.24) is 5.43 Å².